The Balaban J connectivity index is 1.81. The normalized spacial score (nSPS) is 10.6. The minimum atomic E-state index is -0.356. The lowest BCUT2D eigenvalue weighted by Crippen LogP contribution is -2.14. The predicted octanol–water partition coefficient (Wildman–Crippen LogP) is 3.28. The molecular weight excluding hydrogens is 295 g/mol. The zero-order chi connectivity index (χ0) is 16.4. The fraction of sp³-hybridized carbons (Fsp3) is 0.118. The van der Waals surface area contributed by atoms with Gasteiger partial charge in [0.15, 0.2) is 5.69 Å². The summed E-state index contributed by atoms with van der Waals surface area (Å²) in [5.41, 5.74) is 3.06. The number of hydrogen-bond acceptors (Lipinski definition) is 3. The zero-order valence-corrected chi connectivity index (χ0v) is 12.7. The number of carbonyl (C=O) groups is 1. The van der Waals surface area contributed by atoms with Crippen LogP contribution in [0.4, 0.5) is 10.1 Å². The van der Waals surface area contributed by atoms with E-state index in [9.17, 15) is 9.18 Å². The average molecular weight is 310 g/mol. The summed E-state index contributed by atoms with van der Waals surface area (Å²) in [5, 5.41) is 6.96. The van der Waals surface area contributed by atoms with Gasteiger partial charge in [-0.1, -0.05) is 6.07 Å². The van der Waals surface area contributed by atoms with Crippen LogP contribution in [-0.2, 0) is 0 Å². The molecule has 23 heavy (non-hydrogen) atoms. The van der Waals surface area contributed by atoms with Gasteiger partial charge in [0.25, 0.3) is 5.91 Å². The maximum atomic E-state index is 13.3. The van der Waals surface area contributed by atoms with Gasteiger partial charge in [0.05, 0.1) is 17.1 Å². The quantitative estimate of drug-likeness (QED) is 0.807. The summed E-state index contributed by atoms with van der Waals surface area (Å²) in [6.45, 7) is 3.72. The van der Waals surface area contributed by atoms with Crippen LogP contribution in [0.2, 0.25) is 0 Å². The first-order valence-electron chi connectivity index (χ1n) is 7.10. The molecule has 1 N–H and O–H groups in total. The lowest BCUT2D eigenvalue weighted by Gasteiger charge is -2.07. The van der Waals surface area contributed by atoms with Crippen molar-refractivity contribution in [1.29, 1.82) is 0 Å². The Morgan fingerprint density at radius 3 is 2.74 bits per heavy atom. The molecule has 0 atom stereocenters. The molecule has 6 heteroatoms. The third-order valence-electron chi connectivity index (χ3n) is 3.37. The number of halogens is 1. The standard InChI is InChI=1S/C17H15FN4O/c1-11-6-7-15(12(2)19-11)20-17(23)16-8-9-22(21-16)14-5-3-4-13(18)10-14/h3-10H,1-2H3,(H,20,23). The molecule has 0 spiro atoms. The fourth-order valence-corrected chi connectivity index (χ4v) is 2.21. The van der Waals surface area contributed by atoms with Gasteiger partial charge in [-0.15, -0.1) is 0 Å². The molecule has 0 aliphatic carbocycles. The van der Waals surface area contributed by atoms with Crippen molar-refractivity contribution < 1.29 is 9.18 Å². The van der Waals surface area contributed by atoms with Gasteiger partial charge in [-0.3, -0.25) is 9.78 Å². The van der Waals surface area contributed by atoms with E-state index >= 15 is 0 Å². The maximum Gasteiger partial charge on any atom is 0.276 e. The minimum Gasteiger partial charge on any atom is -0.319 e. The van der Waals surface area contributed by atoms with Crippen molar-refractivity contribution in [2.24, 2.45) is 0 Å². The predicted molar refractivity (Wildman–Crippen MR) is 85.2 cm³/mol. The lowest BCUT2D eigenvalue weighted by molar-refractivity contribution is 0.102. The first-order chi connectivity index (χ1) is 11.0. The van der Waals surface area contributed by atoms with E-state index in [1.807, 2.05) is 19.9 Å². The van der Waals surface area contributed by atoms with Crippen LogP contribution >= 0.6 is 0 Å². The van der Waals surface area contributed by atoms with Crippen LogP contribution in [0.15, 0.2) is 48.7 Å². The summed E-state index contributed by atoms with van der Waals surface area (Å²) in [6, 6.07) is 11.2. The summed E-state index contributed by atoms with van der Waals surface area (Å²) in [6.07, 6.45) is 1.62. The monoisotopic (exact) mass is 310 g/mol. The third kappa shape index (κ3) is 3.26. The van der Waals surface area contributed by atoms with Gasteiger partial charge in [0.2, 0.25) is 0 Å². The van der Waals surface area contributed by atoms with Crippen molar-refractivity contribution in [3.63, 3.8) is 0 Å². The highest BCUT2D eigenvalue weighted by Crippen LogP contribution is 2.14. The number of nitrogens with zero attached hydrogens (tertiary/aromatic N) is 3. The van der Waals surface area contributed by atoms with Gasteiger partial charge in [0.1, 0.15) is 5.82 Å². The number of rotatable bonds is 3. The molecule has 0 unspecified atom stereocenters. The van der Waals surface area contributed by atoms with E-state index in [-0.39, 0.29) is 17.4 Å². The van der Waals surface area contributed by atoms with Crippen LogP contribution in [0.1, 0.15) is 21.9 Å². The summed E-state index contributed by atoms with van der Waals surface area (Å²) in [7, 11) is 0. The van der Waals surface area contributed by atoms with Crippen LogP contribution in [0.3, 0.4) is 0 Å². The smallest absolute Gasteiger partial charge is 0.276 e. The molecule has 0 aliphatic heterocycles. The molecule has 0 bridgehead atoms. The largest absolute Gasteiger partial charge is 0.319 e. The topological polar surface area (TPSA) is 59.8 Å². The van der Waals surface area contributed by atoms with E-state index in [1.54, 1.807) is 30.5 Å². The van der Waals surface area contributed by atoms with Gasteiger partial charge in [-0.2, -0.15) is 5.10 Å². The maximum absolute atomic E-state index is 13.3. The first-order valence-corrected chi connectivity index (χ1v) is 7.10. The number of pyridine rings is 1. The Hall–Kier alpha value is -3.02. The Morgan fingerprint density at radius 2 is 2.00 bits per heavy atom. The molecule has 1 aromatic carbocycles. The molecular formula is C17H15FN4O. The number of amides is 1. The molecule has 0 radical (unpaired) electrons. The van der Waals surface area contributed by atoms with Gasteiger partial charge in [-0.05, 0) is 50.2 Å². The van der Waals surface area contributed by atoms with E-state index in [1.165, 1.54) is 16.8 Å². The van der Waals surface area contributed by atoms with Crippen LogP contribution in [0.5, 0.6) is 0 Å². The third-order valence-corrected chi connectivity index (χ3v) is 3.37. The summed E-state index contributed by atoms with van der Waals surface area (Å²) in [5.74, 6) is -0.695. The van der Waals surface area contributed by atoms with E-state index in [4.69, 9.17) is 0 Å². The molecule has 3 aromatic rings. The number of benzene rings is 1. The number of hydrogen-bond donors (Lipinski definition) is 1. The SMILES string of the molecule is Cc1ccc(NC(=O)c2ccn(-c3cccc(F)c3)n2)c(C)n1. The Bertz CT molecular complexity index is 873. The summed E-state index contributed by atoms with van der Waals surface area (Å²) in [4.78, 5) is 16.6. The lowest BCUT2D eigenvalue weighted by atomic mass is 10.2. The zero-order valence-electron chi connectivity index (χ0n) is 12.7. The van der Waals surface area contributed by atoms with Crippen molar-refractivity contribution in [1.82, 2.24) is 14.8 Å². The second-order valence-corrected chi connectivity index (χ2v) is 5.17. The average Bonchev–Trinajstić information content (AvgIpc) is 3.00. The number of nitrogens with one attached hydrogen (secondary N) is 1. The fourth-order valence-electron chi connectivity index (χ4n) is 2.21. The first kappa shape index (κ1) is 14.9. The van der Waals surface area contributed by atoms with Crippen molar-refractivity contribution >= 4 is 11.6 Å². The molecule has 1 amide bonds. The van der Waals surface area contributed by atoms with Gasteiger partial charge in [-0.25, -0.2) is 9.07 Å². The molecule has 2 heterocycles. The molecule has 3 rings (SSSR count). The van der Waals surface area contributed by atoms with E-state index < -0.39 is 0 Å². The van der Waals surface area contributed by atoms with E-state index in [0.717, 1.165) is 11.4 Å². The number of aryl methyl sites for hydroxylation is 2. The molecule has 0 saturated heterocycles. The number of carbonyl (C=O) groups excluding carboxylic acids is 1. The van der Waals surface area contributed by atoms with Gasteiger partial charge < -0.3 is 5.32 Å². The minimum absolute atomic E-state index is 0.245. The van der Waals surface area contributed by atoms with Crippen LogP contribution < -0.4 is 5.32 Å². The van der Waals surface area contributed by atoms with E-state index in [0.29, 0.717) is 11.4 Å². The molecule has 0 saturated carbocycles. The molecule has 5 nitrogen and oxygen atoms in total. The van der Waals surface area contributed by atoms with Gasteiger partial charge in [0, 0.05) is 11.9 Å². The highest BCUT2D eigenvalue weighted by atomic mass is 19.1. The summed E-state index contributed by atoms with van der Waals surface area (Å²) < 4.78 is 14.7. The second kappa shape index (κ2) is 6.00. The van der Waals surface area contributed by atoms with Crippen molar-refractivity contribution in [3.05, 3.63) is 71.6 Å². The molecule has 0 aliphatic rings. The number of anilines is 1. The Morgan fingerprint density at radius 1 is 1.17 bits per heavy atom. The highest BCUT2D eigenvalue weighted by Gasteiger charge is 2.12. The van der Waals surface area contributed by atoms with Crippen molar-refractivity contribution in [2.45, 2.75) is 13.8 Å². The Kier molecular flexibility index (Phi) is 3.89. The van der Waals surface area contributed by atoms with Crippen molar-refractivity contribution in [3.8, 4) is 5.69 Å². The van der Waals surface area contributed by atoms with Crippen LogP contribution in [0.25, 0.3) is 5.69 Å². The van der Waals surface area contributed by atoms with Crippen LogP contribution in [-0.4, -0.2) is 20.7 Å². The van der Waals surface area contributed by atoms with Gasteiger partial charge >= 0.3 is 0 Å². The number of aromatic nitrogens is 3. The molecule has 2 aromatic heterocycles. The molecule has 116 valence electrons. The Labute approximate surface area is 132 Å². The second-order valence-electron chi connectivity index (χ2n) is 5.17. The summed E-state index contributed by atoms with van der Waals surface area (Å²) >= 11 is 0. The molecule has 0 fully saturated rings. The van der Waals surface area contributed by atoms with Crippen LogP contribution in [0, 0.1) is 19.7 Å². The van der Waals surface area contributed by atoms with Crippen molar-refractivity contribution in [2.75, 3.05) is 5.32 Å². The highest BCUT2D eigenvalue weighted by molar-refractivity contribution is 6.03. The van der Waals surface area contributed by atoms with E-state index in [2.05, 4.69) is 15.4 Å².